The molecule has 2 aromatic heterocycles. The summed E-state index contributed by atoms with van der Waals surface area (Å²) in [5.41, 5.74) is 1.43. The van der Waals surface area contributed by atoms with Gasteiger partial charge in [-0.1, -0.05) is 6.92 Å². The summed E-state index contributed by atoms with van der Waals surface area (Å²) < 4.78 is 5.46. The van der Waals surface area contributed by atoms with Gasteiger partial charge in [0.05, 0.1) is 24.7 Å². The highest BCUT2D eigenvalue weighted by molar-refractivity contribution is 7.19. The first-order valence-corrected chi connectivity index (χ1v) is 10.6. The van der Waals surface area contributed by atoms with Crippen LogP contribution in [0.4, 0.5) is 5.82 Å². The van der Waals surface area contributed by atoms with Crippen molar-refractivity contribution in [2.24, 2.45) is 5.92 Å². The molecule has 3 heterocycles. The third-order valence-electron chi connectivity index (χ3n) is 5.37. The number of hydrogen-bond acceptors (Lipinski definition) is 6. The number of ether oxygens (including phenoxy) is 1. The third-order valence-corrected chi connectivity index (χ3v) is 6.52. The van der Waals surface area contributed by atoms with Crippen molar-refractivity contribution in [3.05, 3.63) is 16.3 Å². The van der Waals surface area contributed by atoms with Crippen LogP contribution in [0.5, 0.6) is 0 Å². The minimum Gasteiger partial charge on any atom is -0.392 e. The summed E-state index contributed by atoms with van der Waals surface area (Å²) in [5, 5.41) is 14.3. The lowest BCUT2D eigenvalue weighted by atomic mass is 9.89. The van der Waals surface area contributed by atoms with Crippen LogP contribution in [-0.2, 0) is 24.1 Å². The van der Waals surface area contributed by atoms with Gasteiger partial charge >= 0.3 is 0 Å². The van der Waals surface area contributed by atoms with Crippen LogP contribution in [0.25, 0.3) is 10.2 Å². The first-order chi connectivity index (χ1) is 12.6. The fourth-order valence-corrected chi connectivity index (χ4v) is 5.30. The Bertz CT molecular complexity index is 770. The Morgan fingerprint density at radius 3 is 2.92 bits per heavy atom. The van der Waals surface area contributed by atoms with Gasteiger partial charge in [-0.15, -0.1) is 11.3 Å². The summed E-state index contributed by atoms with van der Waals surface area (Å²) in [6.07, 6.45) is 3.09. The average Bonchev–Trinajstić information content (AvgIpc) is 2.97. The number of nitrogens with one attached hydrogen (secondary N) is 2. The van der Waals surface area contributed by atoms with Gasteiger partial charge in [0, 0.05) is 11.4 Å². The second kappa shape index (κ2) is 7.76. The predicted molar refractivity (Wildman–Crippen MR) is 104 cm³/mol. The number of thiophene rings is 1. The van der Waals surface area contributed by atoms with Gasteiger partial charge in [0.15, 0.2) is 5.82 Å². The molecule has 0 unspecified atom stereocenters. The zero-order valence-electron chi connectivity index (χ0n) is 15.7. The molecule has 2 aromatic rings. The molecule has 2 aliphatic rings. The Labute approximate surface area is 158 Å². The first kappa shape index (κ1) is 18.1. The molecule has 2 atom stereocenters. The van der Waals surface area contributed by atoms with Crippen LogP contribution in [0.15, 0.2) is 0 Å². The Morgan fingerprint density at radius 1 is 1.35 bits per heavy atom. The molecule has 1 fully saturated rings. The predicted octanol–water partition coefficient (Wildman–Crippen LogP) is 1.02. The van der Waals surface area contributed by atoms with E-state index in [2.05, 4.69) is 12.2 Å². The van der Waals surface area contributed by atoms with E-state index in [9.17, 15) is 5.11 Å². The van der Waals surface area contributed by atoms with E-state index in [0.29, 0.717) is 6.54 Å². The number of rotatable bonds is 5. The normalized spacial score (nSPS) is 22.3. The number of anilines is 1. The van der Waals surface area contributed by atoms with Gasteiger partial charge in [0.2, 0.25) is 0 Å². The molecule has 26 heavy (non-hydrogen) atoms. The van der Waals surface area contributed by atoms with Crippen molar-refractivity contribution in [1.29, 1.82) is 0 Å². The highest BCUT2D eigenvalue weighted by Crippen LogP contribution is 2.39. The zero-order valence-corrected chi connectivity index (χ0v) is 16.5. The van der Waals surface area contributed by atoms with Crippen molar-refractivity contribution in [3.8, 4) is 0 Å². The maximum Gasteiger partial charge on any atom is 0.187 e. The molecule has 7 heteroatoms. The van der Waals surface area contributed by atoms with Gasteiger partial charge in [0.25, 0.3) is 0 Å². The van der Waals surface area contributed by atoms with Crippen LogP contribution in [0, 0.1) is 5.92 Å². The highest BCUT2D eigenvalue weighted by Gasteiger charge is 2.25. The summed E-state index contributed by atoms with van der Waals surface area (Å²) in [7, 11) is 0. The smallest absolute Gasteiger partial charge is 0.187 e. The van der Waals surface area contributed by atoms with Crippen molar-refractivity contribution in [3.63, 3.8) is 0 Å². The number of aromatic nitrogens is 2. The maximum absolute atomic E-state index is 9.72. The molecule has 0 amide bonds. The van der Waals surface area contributed by atoms with E-state index in [1.165, 1.54) is 27.1 Å². The topological polar surface area (TPSA) is 71.7 Å². The largest absolute Gasteiger partial charge is 0.392 e. The SMILES string of the molecule is C[C@@H]1CCc2c(sc3nc(C[NH+]4CCOCC4)nc(NC[C@H](C)O)c23)C1. The minimum absolute atomic E-state index is 0.400. The van der Waals surface area contributed by atoms with Gasteiger partial charge in [-0.25, -0.2) is 9.97 Å². The van der Waals surface area contributed by atoms with Crippen LogP contribution in [0.1, 0.15) is 36.5 Å². The number of aliphatic hydroxyl groups is 1. The summed E-state index contributed by atoms with van der Waals surface area (Å²) in [4.78, 5) is 13.9. The molecule has 4 rings (SSSR count). The molecular weight excluding hydrogens is 348 g/mol. The van der Waals surface area contributed by atoms with Crippen LogP contribution < -0.4 is 10.2 Å². The van der Waals surface area contributed by atoms with E-state index in [1.54, 1.807) is 6.92 Å². The molecule has 0 saturated carbocycles. The summed E-state index contributed by atoms with van der Waals surface area (Å²) in [5.74, 6) is 2.55. The van der Waals surface area contributed by atoms with Gasteiger partial charge in [-0.05, 0) is 37.7 Å². The molecule has 142 valence electrons. The van der Waals surface area contributed by atoms with E-state index >= 15 is 0 Å². The number of morpholine rings is 1. The van der Waals surface area contributed by atoms with Crippen molar-refractivity contribution in [1.82, 2.24) is 9.97 Å². The fraction of sp³-hybridized carbons (Fsp3) is 0.684. The molecule has 0 radical (unpaired) electrons. The van der Waals surface area contributed by atoms with Crippen LogP contribution in [0.3, 0.4) is 0 Å². The molecule has 3 N–H and O–H groups in total. The quantitative estimate of drug-likeness (QED) is 0.726. The van der Waals surface area contributed by atoms with E-state index in [1.807, 2.05) is 11.3 Å². The lowest BCUT2D eigenvalue weighted by molar-refractivity contribution is -0.922. The second-order valence-corrected chi connectivity index (χ2v) is 8.87. The van der Waals surface area contributed by atoms with E-state index in [0.717, 1.165) is 68.1 Å². The molecule has 0 bridgehead atoms. The number of aryl methyl sites for hydroxylation is 1. The number of fused-ring (bicyclic) bond motifs is 3. The Kier molecular flexibility index (Phi) is 5.40. The number of hydrogen-bond donors (Lipinski definition) is 3. The van der Waals surface area contributed by atoms with Crippen LogP contribution in [0.2, 0.25) is 0 Å². The first-order valence-electron chi connectivity index (χ1n) is 9.74. The fourth-order valence-electron chi connectivity index (χ4n) is 3.90. The van der Waals surface area contributed by atoms with Crippen LogP contribution in [-0.4, -0.2) is 54.0 Å². The zero-order chi connectivity index (χ0) is 18.1. The average molecular weight is 378 g/mol. The van der Waals surface area contributed by atoms with Gasteiger partial charge in [0.1, 0.15) is 30.3 Å². The van der Waals surface area contributed by atoms with E-state index < -0.39 is 6.10 Å². The molecule has 1 saturated heterocycles. The highest BCUT2D eigenvalue weighted by atomic mass is 32.1. The third kappa shape index (κ3) is 3.86. The van der Waals surface area contributed by atoms with E-state index in [4.69, 9.17) is 14.7 Å². The lowest BCUT2D eigenvalue weighted by Gasteiger charge is -2.23. The van der Waals surface area contributed by atoms with Crippen molar-refractivity contribution in [2.45, 2.75) is 45.8 Å². The van der Waals surface area contributed by atoms with Gasteiger partial charge < -0.3 is 20.1 Å². The Hall–Kier alpha value is -1.28. The van der Waals surface area contributed by atoms with Crippen molar-refractivity contribution < 1.29 is 14.7 Å². The number of quaternary nitrogens is 1. The summed E-state index contributed by atoms with van der Waals surface area (Å²) >= 11 is 1.84. The molecule has 1 aliphatic carbocycles. The Balaban J connectivity index is 1.69. The monoisotopic (exact) mass is 377 g/mol. The van der Waals surface area contributed by atoms with E-state index in [-0.39, 0.29) is 0 Å². The summed E-state index contributed by atoms with van der Waals surface area (Å²) in [6, 6.07) is 0. The molecule has 6 nitrogen and oxygen atoms in total. The molecular formula is C19H29N4O2S+. The van der Waals surface area contributed by atoms with Crippen LogP contribution >= 0.6 is 11.3 Å². The Morgan fingerprint density at radius 2 is 2.15 bits per heavy atom. The van der Waals surface area contributed by atoms with Crippen molar-refractivity contribution >= 4 is 27.4 Å². The van der Waals surface area contributed by atoms with Gasteiger partial charge in [-0.2, -0.15) is 0 Å². The van der Waals surface area contributed by atoms with Crippen molar-refractivity contribution in [2.75, 3.05) is 38.2 Å². The summed E-state index contributed by atoms with van der Waals surface area (Å²) in [6.45, 7) is 9.13. The number of nitrogens with zero attached hydrogens (tertiary/aromatic N) is 2. The second-order valence-electron chi connectivity index (χ2n) is 7.79. The molecule has 0 spiro atoms. The molecule has 1 aliphatic heterocycles. The van der Waals surface area contributed by atoms with Gasteiger partial charge in [-0.3, -0.25) is 0 Å². The number of aliphatic hydroxyl groups excluding tert-OH is 1. The molecule has 0 aromatic carbocycles. The minimum atomic E-state index is -0.400. The lowest BCUT2D eigenvalue weighted by Crippen LogP contribution is -3.12. The maximum atomic E-state index is 9.72. The standard InChI is InChI=1S/C19H28N4O2S/c1-12-3-4-14-15(9-12)26-19-17(14)18(20-10-13(2)24)21-16(22-19)11-23-5-7-25-8-6-23/h12-13,24H,3-11H2,1-2H3,(H,20,21,22)/p+1/t12-,13+/m1/s1.